The summed E-state index contributed by atoms with van der Waals surface area (Å²) in [6.45, 7) is 6.07. The lowest BCUT2D eigenvalue weighted by atomic mass is 10.3. The number of rotatable bonds is 6. The smallest absolute Gasteiger partial charge is 0.233 e. The molecule has 19 heavy (non-hydrogen) atoms. The molecule has 0 fully saturated rings. The monoisotopic (exact) mass is 278 g/mol. The maximum atomic E-state index is 5.00. The van der Waals surface area contributed by atoms with Crippen molar-refractivity contribution >= 4 is 11.3 Å². The second kappa shape index (κ2) is 6.58. The summed E-state index contributed by atoms with van der Waals surface area (Å²) in [6.07, 6.45) is 1.13. The molecule has 0 radical (unpaired) electrons. The summed E-state index contributed by atoms with van der Waals surface area (Å²) in [7, 11) is 1.58. The molecule has 0 aromatic carbocycles. The van der Waals surface area contributed by atoms with E-state index < -0.39 is 0 Å². The Kier molecular flexibility index (Phi) is 4.81. The summed E-state index contributed by atoms with van der Waals surface area (Å²) in [5.41, 5.74) is 1.84. The van der Waals surface area contributed by atoms with Crippen LogP contribution in [0.5, 0.6) is 5.88 Å². The fourth-order valence-electron chi connectivity index (χ4n) is 1.62. The summed E-state index contributed by atoms with van der Waals surface area (Å²) in [4.78, 5) is 5.80. The number of ether oxygens (including phenoxy) is 1. The molecule has 0 spiro atoms. The Labute approximate surface area is 117 Å². The zero-order valence-corrected chi connectivity index (χ0v) is 12.3. The minimum absolute atomic E-state index is 0.516. The van der Waals surface area contributed by atoms with Crippen LogP contribution < -0.4 is 10.1 Å². The van der Waals surface area contributed by atoms with E-state index in [-0.39, 0.29) is 0 Å². The lowest BCUT2D eigenvalue weighted by Crippen LogP contribution is -2.13. The van der Waals surface area contributed by atoms with Crippen molar-refractivity contribution in [2.75, 3.05) is 13.7 Å². The molecule has 2 rings (SSSR count). The van der Waals surface area contributed by atoms with Crippen molar-refractivity contribution in [2.45, 2.75) is 26.8 Å². The minimum atomic E-state index is 0.516. The average Bonchev–Trinajstić information content (AvgIpc) is 2.81. The number of aryl methyl sites for hydroxylation is 1. The molecule has 0 bridgehead atoms. The average molecular weight is 278 g/mol. The highest BCUT2D eigenvalue weighted by Gasteiger charge is 2.10. The van der Waals surface area contributed by atoms with Crippen LogP contribution in [0.3, 0.4) is 0 Å². The van der Waals surface area contributed by atoms with Gasteiger partial charge in [0.05, 0.1) is 12.8 Å². The maximum Gasteiger partial charge on any atom is 0.233 e. The zero-order chi connectivity index (χ0) is 13.7. The van der Waals surface area contributed by atoms with Crippen LogP contribution in [0, 0.1) is 6.92 Å². The molecule has 2 aromatic rings. The van der Waals surface area contributed by atoms with Gasteiger partial charge in [-0.1, -0.05) is 6.92 Å². The van der Waals surface area contributed by atoms with Gasteiger partial charge < -0.3 is 10.1 Å². The molecule has 0 aliphatic rings. The lowest BCUT2D eigenvalue weighted by molar-refractivity contribution is 0.392. The minimum Gasteiger partial charge on any atom is -0.480 e. The van der Waals surface area contributed by atoms with Gasteiger partial charge in [0.25, 0.3) is 0 Å². The van der Waals surface area contributed by atoms with Crippen molar-refractivity contribution in [3.05, 3.63) is 22.7 Å². The van der Waals surface area contributed by atoms with Crippen LogP contribution in [-0.4, -0.2) is 28.8 Å². The van der Waals surface area contributed by atoms with E-state index >= 15 is 0 Å². The van der Waals surface area contributed by atoms with Gasteiger partial charge in [0.1, 0.15) is 10.7 Å². The van der Waals surface area contributed by atoms with Crippen molar-refractivity contribution in [2.24, 2.45) is 0 Å². The fourth-order valence-corrected chi connectivity index (χ4v) is 2.62. The second-order valence-corrected chi connectivity index (χ2v) is 5.25. The molecule has 0 unspecified atom stereocenters. The highest BCUT2D eigenvalue weighted by atomic mass is 32.1. The van der Waals surface area contributed by atoms with E-state index in [4.69, 9.17) is 4.74 Å². The highest BCUT2D eigenvalue weighted by molar-refractivity contribution is 7.15. The van der Waals surface area contributed by atoms with Gasteiger partial charge in [0.2, 0.25) is 5.88 Å². The molecule has 1 N–H and O–H groups in total. The molecule has 2 aromatic heterocycles. The van der Waals surface area contributed by atoms with E-state index in [0.717, 1.165) is 35.9 Å². The van der Waals surface area contributed by atoms with Gasteiger partial charge in [-0.2, -0.15) is 0 Å². The number of hydrogen-bond acceptors (Lipinski definition) is 6. The molecular weight excluding hydrogens is 260 g/mol. The normalized spacial score (nSPS) is 10.7. The number of nitrogens with zero attached hydrogens (tertiary/aromatic N) is 3. The van der Waals surface area contributed by atoms with Gasteiger partial charge in [0.15, 0.2) is 0 Å². The first-order valence-corrected chi connectivity index (χ1v) is 7.11. The molecule has 0 aliphatic heterocycles. The van der Waals surface area contributed by atoms with Crippen molar-refractivity contribution in [3.63, 3.8) is 0 Å². The molecule has 2 heterocycles. The Morgan fingerprint density at radius 3 is 2.79 bits per heavy atom. The largest absolute Gasteiger partial charge is 0.480 e. The van der Waals surface area contributed by atoms with Crippen LogP contribution in [0.2, 0.25) is 0 Å². The summed E-state index contributed by atoms with van der Waals surface area (Å²) in [6, 6.07) is 3.68. The molecule has 0 amide bonds. The van der Waals surface area contributed by atoms with Crippen molar-refractivity contribution < 1.29 is 4.74 Å². The summed E-state index contributed by atoms with van der Waals surface area (Å²) < 4.78 is 5.00. The Morgan fingerprint density at radius 2 is 2.16 bits per heavy atom. The topological polar surface area (TPSA) is 59.9 Å². The molecule has 5 nitrogen and oxygen atoms in total. The number of nitrogens with one attached hydrogen (secondary N) is 1. The van der Waals surface area contributed by atoms with E-state index in [2.05, 4.69) is 27.4 Å². The highest BCUT2D eigenvalue weighted by Crippen LogP contribution is 2.26. The molecule has 102 valence electrons. The molecule has 0 saturated heterocycles. The molecule has 6 heteroatoms. The van der Waals surface area contributed by atoms with Crippen LogP contribution in [0.25, 0.3) is 10.7 Å². The lowest BCUT2D eigenvalue weighted by Gasteiger charge is -1.99. The number of methoxy groups -OCH3 is 1. The van der Waals surface area contributed by atoms with Gasteiger partial charge >= 0.3 is 0 Å². The van der Waals surface area contributed by atoms with Crippen molar-refractivity contribution in [3.8, 4) is 16.6 Å². The molecular formula is C13H18N4OS. The first-order chi connectivity index (χ1) is 9.24. The van der Waals surface area contributed by atoms with Crippen LogP contribution in [0.15, 0.2) is 12.1 Å². The summed E-state index contributed by atoms with van der Waals surface area (Å²) in [5.74, 6) is 0.516. The second-order valence-electron chi connectivity index (χ2n) is 4.17. The van der Waals surface area contributed by atoms with Gasteiger partial charge in [-0.15, -0.1) is 21.5 Å². The summed E-state index contributed by atoms with van der Waals surface area (Å²) >= 11 is 1.66. The van der Waals surface area contributed by atoms with Crippen LogP contribution in [0.4, 0.5) is 0 Å². The SMILES string of the molecule is CCCNCc1sc(-c2ccc(OC)nn2)nc1C. The standard InChI is InChI=1S/C13H18N4OS/c1-4-7-14-8-11-9(2)15-13(19-11)10-5-6-12(18-3)17-16-10/h5-6,14H,4,7-8H2,1-3H3. The van der Waals surface area contributed by atoms with Crippen LogP contribution in [-0.2, 0) is 6.54 Å². The van der Waals surface area contributed by atoms with Gasteiger partial charge in [-0.3, -0.25) is 0 Å². The molecule has 0 aliphatic carbocycles. The van der Waals surface area contributed by atoms with E-state index in [1.54, 1.807) is 24.5 Å². The van der Waals surface area contributed by atoms with Gasteiger partial charge in [-0.05, 0) is 26.0 Å². The predicted molar refractivity (Wildman–Crippen MR) is 76.4 cm³/mol. The third-order valence-corrected chi connectivity index (χ3v) is 3.85. The number of aromatic nitrogens is 3. The van der Waals surface area contributed by atoms with Crippen LogP contribution >= 0.6 is 11.3 Å². The van der Waals surface area contributed by atoms with E-state index in [0.29, 0.717) is 5.88 Å². The first kappa shape index (κ1) is 13.9. The third kappa shape index (κ3) is 3.48. The van der Waals surface area contributed by atoms with Crippen molar-refractivity contribution in [1.29, 1.82) is 0 Å². The maximum absolute atomic E-state index is 5.00. The Balaban J connectivity index is 2.13. The Morgan fingerprint density at radius 1 is 1.32 bits per heavy atom. The Hall–Kier alpha value is -1.53. The van der Waals surface area contributed by atoms with E-state index in [1.807, 2.05) is 13.0 Å². The fraction of sp³-hybridized carbons (Fsp3) is 0.462. The van der Waals surface area contributed by atoms with Crippen LogP contribution in [0.1, 0.15) is 23.9 Å². The number of hydrogen-bond donors (Lipinski definition) is 1. The van der Waals surface area contributed by atoms with E-state index in [1.165, 1.54) is 4.88 Å². The summed E-state index contributed by atoms with van der Waals surface area (Å²) in [5, 5.41) is 12.4. The first-order valence-electron chi connectivity index (χ1n) is 6.29. The molecule has 0 atom stereocenters. The van der Waals surface area contributed by atoms with Crippen molar-refractivity contribution in [1.82, 2.24) is 20.5 Å². The predicted octanol–water partition coefficient (Wildman–Crippen LogP) is 2.42. The quantitative estimate of drug-likeness (QED) is 0.822. The van der Waals surface area contributed by atoms with Gasteiger partial charge in [-0.25, -0.2) is 4.98 Å². The zero-order valence-electron chi connectivity index (χ0n) is 11.4. The number of thiazole rings is 1. The Bertz CT molecular complexity index is 524. The molecule has 0 saturated carbocycles. The van der Waals surface area contributed by atoms with E-state index in [9.17, 15) is 0 Å². The third-order valence-electron chi connectivity index (χ3n) is 2.67. The van der Waals surface area contributed by atoms with Gasteiger partial charge in [0, 0.05) is 17.5 Å².